The van der Waals surface area contributed by atoms with Gasteiger partial charge in [0.2, 0.25) is 5.91 Å². The van der Waals surface area contributed by atoms with E-state index < -0.39 is 0 Å². The Labute approximate surface area is 93.6 Å². The lowest BCUT2D eigenvalue weighted by atomic mass is 10.2. The third-order valence-corrected chi connectivity index (χ3v) is 3.53. The highest BCUT2D eigenvalue weighted by Gasteiger charge is 2.16. The SMILES string of the molecule is NC(=O)CN1CCCSc2ccccc21. The monoisotopic (exact) mass is 222 g/mol. The zero-order valence-corrected chi connectivity index (χ0v) is 9.30. The molecule has 2 rings (SSSR count). The Balaban J connectivity index is 2.28. The zero-order valence-electron chi connectivity index (χ0n) is 8.48. The van der Waals surface area contributed by atoms with Crippen molar-refractivity contribution >= 4 is 23.4 Å². The van der Waals surface area contributed by atoms with Crippen LogP contribution < -0.4 is 10.6 Å². The minimum Gasteiger partial charge on any atom is -0.368 e. The van der Waals surface area contributed by atoms with E-state index in [2.05, 4.69) is 17.0 Å². The average molecular weight is 222 g/mol. The number of hydrogen-bond acceptors (Lipinski definition) is 3. The van der Waals surface area contributed by atoms with Gasteiger partial charge in [-0.1, -0.05) is 12.1 Å². The quantitative estimate of drug-likeness (QED) is 0.824. The van der Waals surface area contributed by atoms with Crippen LogP contribution in [0.4, 0.5) is 5.69 Å². The summed E-state index contributed by atoms with van der Waals surface area (Å²) in [5.74, 6) is 0.837. The lowest BCUT2D eigenvalue weighted by Gasteiger charge is -2.22. The summed E-state index contributed by atoms with van der Waals surface area (Å²) in [4.78, 5) is 14.3. The first kappa shape index (κ1) is 10.4. The average Bonchev–Trinajstić information content (AvgIpc) is 2.41. The van der Waals surface area contributed by atoms with Crippen molar-refractivity contribution in [2.75, 3.05) is 23.7 Å². The zero-order chi connectivity index (χ0) is 10.7. The molecule has 1 aromatic rings. The van der Waals surface area contributed by atoms with Crippen molar-refractivity contribution in [1.82, 2.24) is 0 Å². The highest BCUT2D eigenvalue weighted by Crippen LogP contribution is 2.33. The molecule has 0 aliphatic carbocycles. The van der Waals surface area contributed by atoms with Crippen molar-refractivity contribution in [2.45, 2.75) is 11.3 Å². The predicted octanol–water partition coefficient (Wildman–Crippen LogP) is 1.47. The van der Waals surface area contributed by atoms with Crippen LogP contribution in [0.3, 0.4) is 0 Å². The molecule has 1 aliphatic rings. The fourth-order valence-electron chi connectivity index (χ4n) is 1.75. The molecular weight excluding hydrogens is 208 g/mol. The smallest absolute Gasteiger partial charge is 0.236 e. The Bertz CT molecular complexity index is 367. The number of carbonyl (C=O) groups is 1. The molecule has 0 saturated heterocycles. The number of rotatable bonds is 2. The van der Waals surface area contributed by atoms with Crippen LogP contribution in [0.5, 0.6) is 0 Å². The van der Waals surface area contributed by atoms with E-state index in [1.165, 1.54) is 4.90 Å². The van der Waals surface area contributed by atoms with E-state index in [1.807, 2.05) is 23.9 Å². The van der Waals surface area contributed by atoms with Gasteiger partial charge in [0.05, 0.1) is 12.2 Å². The van der Waals surface area contributed by atoms with Crippen LogP contribution >= 0.6 is 11.8 Å². The first-order valence-electron chi connectivity index (χ1n) is 5.02. The number of thioether (sulfide) groups is 1. The van der Waals surface area contributed by atoms with Crippen LogP contribution in [0.1, 0.15) is 6.42 Å². The fourth-order valence-corrected chi connectivity index (χ4v) is 2.76. The normalized spacial score (nSPS) is 15.6. The summed E-state index contributed by atoms with van der Waals surface area (Å²) >= 11 is 1.85. The van der Waals surface area contributed by atoms with Gasteiger partial charge in [-0.3, -0.25) is 4.79 Å². The molecule has 1 amide bonds. The Morgan fingerprint density at radius 2 is 2.27 bits per heavy atom. The minimum absolute atomic E-state index is 0.267. The van der Waals surface area contributed by atoms with E-state index in [1.54, 1.807) is 0 Å². The van der Waals surface area contributed by atoms with Gasteiger partial charge in [0.15, 0.2) is 0 Å². The van der Waals surface area contributed by atoms with Gasteiger partial charge >= 0.3 is 0 Å². The molecule has 0 bridgehead atoms. The van der Waals surface area contributed by atoms with Crippen molar-refractivity contribution in [3.63, 3.8) is 0 Å². The standard InChI is InChI=1S/C11H14N2OS/c12-11(14)8-13-6-3-7-15-10-5-2-1-4-9(10)13/h1-2,4-5H,3,6-8H2,(H2,12,14). The lowest BCUT2D eigenvalue weighted by Crippen LogP contribution is -2.34. The van der Waals surface area contributed by atoms with Crippen LogP contribution in [0.2, 0.25) is 0 Å². The Morgan fingerprint density at radius 3 is 3.07 bits per heavy atom. The molecule has 1 heterocycles. The number of nitrogens with zero attached hydrogens (tertiary/aromatic N) is 1. The Hall–Kier alpha value is -1.16. The molecule has 80 valence electrons. The van der Waals surface area contributed by atoms with Crippen LogP contribution in [0.25, 0.3) is 0 Å². The van der Waals surface area contributed by atoms with Gasteiger partial charge in [0.25, 0.3) is 0 Å². The van der Waals surface area contributed by atoms with E-state index >= 15 is 0 Å². The molecule has 0 unspecified atom stereocenters. The molecule has 1 aromatic carbocycles. The molecule has 0 atom stereocenters. The number of amides is 1. The fraction of sp³-hybridized carbons (Fsp3) is 0.364. The van der Waals surface area contributed by atoms with Crippen LogP contribution in [-0.4, -0.2) is 24.7 Å². The number of primary amides is 1. The van der Waals surface area contributed by atoms with Gasteiger partial charge in [0, 0.05) is 11.4 Å². The van der Waals surface area contributed by atoms with E-state index in [4.69, 9.17) is 5.73 Å². The molecule has 0 saturated carbocycles. The first-order valence-corrected chi connectivity index (χ1v) is 6.01. The molecular formula is C11H14N2OS. The van der Waals surface area contributed by atoms with Crippen molar-refractivity contribution in [1.29, 1.82) is 0 Å². The maximum atomic E-state index is 11.0. The van der Waals surface area contributed by atoms with E-state index in [0.29, 0.717) is 6.54 Å². The Kier molecular flexibility index (Phi) is 3.16. The summed E-state index contributed by atoms with van der Waals surface area (Å²) in [6, 6.07) is 8.17. The third kappa shape index (κ3) is 2.45. The third-order valence-electron chi connectivity index (χ3n) is 2.38. The van der Waals surface area contributed by atoms with Gasteiger partial charge < -0.3 is 10.6 Å². The first-order chi connectivity index (χ1) is 7.27. The highest BCUT2D eigenvalue weighted by atomic mass is 32.2. The van der Waals surface area contributed by atoms with Crippen LogP contribution in [0.15, 0.2) is 29.2 Å². The molecule has 0 aromatic heterocycles. The number of anilines is 1. The topological polar surface area (TPSA) is 46.3 Å². The second kappa shape index (κ2) is 4.57. The highest BCUT2D eigenvalue weighted by molar-refractivity contribution is 7.99. The summed E-state index contributed by atoms with van der Waals surface area (Å²) in [5, 5.41) is 0. The summed E-state index contributed by atoms with van der Waals surface area (Å²) < 4.78 is 0. The molecule has 1 aliphatic heterocycles. The number of hydrogen-bond donors (Lipinski definition) is 1. The minimum atomic E-state index is -0.267. The summed E-state index contributed by atoms with van der Waals surface area (Å²) in [7, 11) is 0. The van der Waals surface area contributed by atoms with Crippen molar-refractivity contribution in [2.24, 2.45) is 5.73 Å². The van der Waals surface area contributed by atoms with Gasteiger partial charge in [-0.25, -0.2) is 0 Å². The van der Waals surface area contributed by atoms with Crippen molar-refractivity contribution in [3.05, 3.63) is 24.3 Å². The van der Waals surface area contributed by atoms with Gasteiger partial charge in [-0.2, -0.15) is 0 Å². The lowest BCUT2D eigenvalue weighted by molar-refractivity contribution is -0.116. The largest absolute Gasteiger partial charge is 0.368 e. The molecule has 0 spiro atoms. The van der Waals surface area contributed by atoms with E-state index in [-0.39, 0.29) is 5.91 Å². The molecule has 0 radical (unpaired) electrons. The predicted molar refractivity (Wildman–Crippen MR) is 63.2 cm³/mol. The van der Waals surface area contributed by atoms with Gasteiger partial charge in [0.1, 0.15) is 0 Å². The number of nitrogens with two attached hydrogens (primary N) is 1. The van der Waals surface area contributed by atoms with Crippen LogP contribution in [0, 0.1) is 0 Å². The number of benzene rings is 1. The summed E-state index contributed by atoms with van der Waals surface area (Å²) in [6.07, 6.45) is 1.09. The van der Waals surface area contributed by atoms with Gasteiger partial charge in [-0.15, -0.1) is 11.8 Å². The molecule has 2 N–H and O–H groups in total. The maximum absolute atomic E-state index is 11.0. The Morgan fingerprint density at radius 1 is 1.47 bits per heavy atom. The number of para-hydroxylation sites is 1. The molecule has 4 heteroatoms. The van der Waals surface area contributed by atoms with Crippen molar-refractivity contribution < 1.29 is 4.79 Å². The molecule has 0 fully saturated rings. The maximum Gasteiger partial charge on any atom is 0.236 e. The van der Waals surface area contributed by atoms with Gasteiger partial charge in [-0.05, 0) is 24.3 Å². The van der Waals surface area contributed by atoms with Crippen molar-refractivity contribution in [3.8, 4) is 0 Å². The molecule has 15 heavy (non-hydrogen) atoms. The number of carbonyl (C=O) groups excluding carboxylic acids is 1. The number of fused-ring (bicyclic) bond motifs is 1. The molecule has 3 nitrogen and oxygen atoms in total. The van der Waals surface area contributed by atoms with E-state index in [9.17, 15) is 4.79 Å². The second-order valence-electron chi connectivity index (χ2n) is 3.56. The van der Waals surface area contributed by atoms with Crippen LogP contribution in [-0.2, 0) is 4.79 Å². The summed E-state index contributed by atoms with van der Waals surface area (Å²) in [5.41, 5.74) is 6.38. The van der Waals surface area contributed by atoms with E-state index in [0.717, 1.165) is 24.4 Å². The summed E-state index contributed by atoms with van der Waals surface area (Å²) in [6.45, 7) is 1.23. The second-order valence-corrected chi connectivity index (χ2v) is 4.69.